The van der Waals surface area contributed by atoms with Gasteiger partial charge in [-0.15, -0.1) is 0 Å². The Labute approximate surface area is 66.0 Å². The highest BCUT2D eigenvalue weighted by Crippen LogP contribution is 2.15. The molecule has 0 radical (unpaired) electrons. The molecule has 0 aromatic heterocycles. The molecule has 0 heterocycles. The van der Waals surface area contributed by atoms with Crippen molar-refractivity contribution in [1.82, 2.24) is 0 Å². The van der Waals surface area contributed by atoms with Crippen LogP contribution in [-0.2, 0) is 6.54 Å². The summed E-state index contributed by atoms with van der Waals surface area (Å²) in [5.74, 6) is -0.132. The predicted molar refractivity (Wildman–Crippen MR) is 43.8 cm³/mol. The van der Waals surface area contributed by atoms with Gasteiger partial charge < -0.3 is 5.73 Å². The van der Waals surface area contributed by atoms with E-state index in [4.69, 9.17) is 5.73 Å². The van der Waals surface area contributed by atoms with E-state index in [1.807, 2.05) is 6.07 Å². The molecule has 1 nitrogen and oxygen atoms in total. The molecule has 0 fully saturated rings. The van der Waals surface area contributed by atoms with Crippen LogP contribution in [0.2, 0.25) is 0 Å². The minimum Gasteiger partial charge on any atom is -0.326 e. The van der Waals surface area contributed by atoms with Crippen molar-refractivity contribution >= 4 is 0 Å². The van der Waals surface area contributed by atoms with Gasteiger partial charge in [-0.1, -0.05) is 12.1 Å². The molecule has 0 amide bonds. The van der Waals surface area contributed by atoms with Crippen molar-refractivity contribution in [1.29, 1.82) is 0 Å². The third-order valence-corrected chi connectivity index (χ3v) is 1.91. The summed E-state index contributed by atoms with van der Waals surface area (Å²) in [6.07, 6.45) is 0. The Bertz CT molecular complexity index is 269. The van der Waals surface area contributed by atoms with Crippen LogP contribution in [0, 0.1) is 19.7 Å². The molecular formula is C9H12FN. The van der Waals surface area contributed by atoms with E-state index in [1.54, 1.807) is 19.9 Å². The van der Waals surface area contributed by atoms with Gasteiger partial charge in [0.2, 0.25) is 0 Å². The van der Waals surface area contributed by atoms with Gasteiger partial charge in [0.25, 0.3) is 0 Å². The number of halogens is 1. The van der Waals surface area contributed by atoms with E-state index in [9.17, 15) is 4.39 Å². The zero-order chi connectivity index (χ0) is 8.43. The Kier molecular flexibility index (Phi) is 2.25. The van der Waals surface area contributed by atoms with Crippen molar-refractivity contribution in [2.45, 2.75) is 20.4 Å². The molecule has 0 bridgehead atoms. The fourth-order valence-electron chi connectivity index (χ4n) is 1.08. The molecule has 0 saturated heterocycles. The van der Waals surface area contributed by atoms with Crippen LogP contribution in [0.3, 0.4) is 0 Å². The van der Waals surface area contributed by atoms with Gasteiger partial charge in [0.1, 0.15) is 5.82 Å². The summed E-state index contributed by atoms with van der Waals surface area (Å²) in [5.41, 5.74) is 7.64. The lowest BCUT2D eigenvalue weighted by molar-refractivity contribution is 0.606. The summed E-state index contributed by atoms with van der Waals surface area (Å²) in [5, 5.41) is 0. The number of hydrogen-bond acceptors (Lipinski definition) is 1. The monoisotopic (exact) mass is 153 g/mol. The van der Waals surface area contributed by atoms with E-state index in [0.29, 0.717) is 17.7 Å². The molecule has 0 saturated carbocycles. The third kappa shape index (κ3) is 1.40. The topological polar surface area (TPSA) is 26.0 Å². The molecule has 2 N–H and O–H groups in total. The first-order valence-electron chi connectivity index (χ1n) is 3.61. The van der Waals surface area contributed by atoms with E-state index in [2.05, 4.69) is 0 Å². The number of rotatable bonds is 1. The van der Waals surface area contributed by atoms with E-state index in [-0.39, 0.29) is 5.82 Å². The van der Waals surface area contributed by atoms with Crippen LogP contribution in [0.4, 0.5) is 4.39 Å². The van der Waals surface area contributed by atoms with Gasteiger partial charge in [-0.3, -0.25) is 0 Å². The van der Waals surface area contributed by atoms with E-state index in [1.165, 1.54) is 0 Å². The van der Waals surface area contributed by atoms with Gasteiger partial charge in [-0.25, -0.2) is 4.39 Å². The summed E-state index contributed by atoms with van der Waals surface area (Å²) < 4.78 is 13.1. The Morgan fingerprint density at radius 1 is 1.36 bits per heavy atom. The van der Waals surface area contributed by atoms with Crippen LogP contribution < -0.4 is 5.73 Å². The van der Waals surface area contributed by atoms with Crippen LogP contribution in [-0.4, -0.2) is 0 Å². The molecule has 0 unspecified atom stereocenters. The van der Waals surface area contributed by atoms with E-state index in [0.717, 1.165) is 5.56 Å². The molecule has 11 heavy (non-hydrogen) atoms. The molecule has 0 spiro atoms. The first-order chi connectivity index (χ1) is 5.16. The maximum Gasteiger partial charge on any atom is 0.129 e. The van der Waals surface area contributed by atoms with Crippen molar-refractivity contribution < 1.29 is 4.39 Å². The van der Waals surface area contributed by atoms with Gasteiger partial charge in [0.15, 0.2) is 0 Å². The van der Waals surface area contributed by atoms with Crippen LogP contribution in [0.1, 0.15) is 16.7 Å². The van der Waals surface area contributed by atoms with Gasteiger partial charge in [0.05, 0.1) is 0 Å². The average molecular weight is 153 g/mol. The Morgan fingerprint density at radius 3 is 2.55 bits per heavy atom. The second kappa shape index (κ2) is 3.01. The van der Waals surface area contributed by atoms with E-state index >= 15 is 0 Å². The van der Waals surface area contributed by atoms with Gasteiger partial charge in [-0.05, 0) is 30.5 Å². The summed E-state index contributed by atoms with van der Waals surface area (Å²) in [6, 6.07) is 3.62. The van der Waals surface area contributed by atoms with Gasteiger partial charge in [-0.2, -0.15) is 0 Å². The standard InChI is InChI=1S/C9H12FN/c1-6-3-4-8(5-11)7(2)9(6)10/h3-4H,5,11H2,1-2H3. The summed E-state index contributed by atoms with van der Waals surface area (Å²) in [4.78, 5) is 0. The smallest absolute Gasteiger partial charge is 0.129 e. The lowest BCUT2D eigenvalue weighted by Gasteiger charge is -2.05. The lowest BCUT2D eigenvalue weighted by atomic mass is 10.1. The second-order valence-corrected chi connectivity index (χ2v) is 2.68. The number of nitrogens with two attached hydrogens (primary N) is 1. The Balaban J connectivity index is 3.25. The highest BCUT2D eigenvalue weighted by molar-refractivity contribution is 5.31. The van der Waals surface area contributed by atoms with Crippen LogP contribution >= 0.6 is 0 Å². The average Bonchev–Trinajstić information content (AvgIpc) is 2.01. The third-order valence-electron chi connectivity index (χ3n) is 1.91. The zero-order valence-electron chi connectivity index (χ0n) is 6.82. The minimum atomic E-state index is -0.132. The van der Waals surface area contributed by atoms with E-state index < -0.39 is 0 Å². The fourth-order valence-corrected chi connectivity index (χ4v) is 1.08. The molecule has 1 rings (SSSR count). The Hall–Kier alpha value is -0.890. The van der Waals surface area contributed by atoms with Crippen molar-refractivity contribution in [3.8, 4) is 0 Å². The quantitative estimate of drug-likeness (QED) is 0.655. The molecule has 1 aromatic carbocycles. The van der Waals surface area contributed by atoms with Crippen molar-refractivity contribution in [2.24, 2.45) is 5.73 Å². The van der Waals surface area contributed by atoms with Crippen LogP contribution in [0.5, 0.6) is 0 Å². The van der Waals surface area contributed by atoms with Crippen molar-refractivity contribution in [2.75, 3.05) is 0 Å². The molecular weight excluding hydrogens is 141 g/mol. The van der Waals surface area contributed by atoms with Crippen LogP contribution in [0.25, 0.3) is 0 Å². The van der Waals surface area contributed by atoms with Gasteiger partial charge >= 0.3 is 0 Å². The molecule has 0 atom stereocenters. The molecule has 1 aromatic rings. The molecule has 0 aliphatic rings. The molecule has 0 aliphatic heterocycles. The molecule has 60 valence electrons. The first kappa shape index (κ1) is 8.21. The first-order valence-corrected chi connectivity index (χ1v) is 3.61. The lowest BCUT2D eigenvalue weighted by Crippen LogP contribution is -2.01. The Morgan fingerprint density at radius 2 is 2.00 bits per heavy atom. The maximum atomic E-state index is 13.1. The number of benzene rings is 1. The fraction of sp³-hybridized carbons (Fsp3) is 0.333. The van der Waals surface area contributed by atoms with Gasteiger partial charge in [0, 0.05) is 6.54 Å². The predicted octanol–water partition coefficient (Wildman–Crippen LogP) is 1.90. The SMILES string of the molecule is Cc1ccc(CN)c(C)c1F. The zero-order valence-corrected chi connectivity index (χ0v) is 6.82. The van der Waals surface area contributed by atoms with Crippen molar-refractivity contribution in [3.05, 3.63) is 34.6 Å². The highest BCUT2D eigenvalue weighted by Gasteiger charge is 2.04. The van der Waals surface area contributed by atoms with Crippen LogP contribution in [0.15, 0.2) is 12.1 Å². The highest BCUT2D eigenvalue weighted by atomic mass is 19.1. The molecule has 2 heteroatoms. The number of hydrogen-bond donors (Lipinski definition) is 1. The molecule has 0 aliphatic carbocycles. The summed E-state index contributed by atoms with van der Waals surface area (Å²) in [7, 11) is 0. The minimum absolute atomic E-state index is 0.132. The summed E-state index contributed by atoms with van der Waals surface area (Å²) >= 11 is 0. The second-order valence-electron chi connectivity index (χ2n) is 2.68. The summed E-state index contributed by atoms with van der Waals surface area (Å²) in [6.45, 7) is 3.91. The maximum absolute atomic E-state index is 13.1. The normalized spacial score (nSPS) is 10.2. The number of aryl methyl sites for hydroxylation is 1. The van der Waals surface area contributed by atoms with Crippen molar-refractivity contribution in [3.63, 3.8) is 0 Å². The largest absolute Gasteiger partial charge is 0.326 e.